The van der Waals surface area contributed by atoms with Crippen LogP contribution in [0.15, 0.2) is 6.07 Å². The van der Waals surface area contributed by atoms with Crippen LogP contribution in [0.25, 0.3) is 0 Å². The number of fused-ring (bicyclic) bond motifs is 1. The molecule has 0 saturated heterocycles. The fourth-order valence-electron chi connectivity index (χ4n) is 3.46. The largest absolute Gasteiger partial charge is 0.478 e. The standard InChI is InChI=1S/C16H22N2O2/c1-16(8-4-5-9-16)18-14-12(15(19)20)10-11-6-2-3-7-13(11)17-14/h10H,2-9H2,1H3,(H,17,18)(H,19,20). The maximum atomic E-state index is 11.5. The van der Waals surface area contributed by atoms with Gasteiger partial charge in [0.05, 0.1) is 0 Å². The van der Waals surface area contributed by atoms with Gasteiger partial charge in [-0.15, -0.1) is 0 Å². The number of hydrogen-bond donors (Lipinski definition) is 2. The van der Waals surface area contributed by atoms with Crippen molar-refractivity contribution in [3.63, 3.8) is 0 Å². The van der Waals surface area contributed by atoms with Crippen LogP contribution in [0.3, 0.4) is 0 Å². The fraction of sp³-hybridized carbons (Fsp3) is 0.625. The molecule has 3 rings (SSSR count). The molecule has 20 heavy (non-hydrogen) atoms. The fourth-order valence-corrected chi connectivity index (χ4v) is 3.46. The van der Waals surface area contributed by atoms with Crippen molar-refractivity contribution in [1.82, 2.24) is 4.98 Å². The van der Waals surface area contributed by atoms with Gasteiger partial charge in [0.1, 0.15) is 11.4 Å². The molecule has 1 heterocycles. The molecule has 0 atom stereocenters. The van der Waals surface area contributed by atoms with Crippen molar-refractivity contribution in [1.29, 1.82) is 0 Å². The highest BCUT2D eigenvalue weighted by molar-refractivity contribution is 5.93. The summed E-state index contributed by atoms with van der Waals surface area (Å²) in [6.45, 7) is 2.17. The van der Waals surface area contributed by atoms with Crippen LogP contribution in [0.2, 0.25) is 0 Å². The summed E-state index contributed by atoms with van der Waals surface area (Å²) in [4.78, 5) is 16.2. The minimum Gasteiger partial charge on any atom is -0.478 e. The lowest BCUT2D eigenvalue weighted by Gasteiger charge is -2.28. The summed E-state index contributed by atoms with van der Waals surface area (Å²) in [5.74, 6) is -0.308. The molecule has 0 aliphatic heterocycles. The molecule has 4 heteroatoms. The molecule has 0 spiro atoms. The van der Waals surface area contributed by atoms with Crippen molar-refractivity contribution >= 4 is 11.8 Å². The Balaban J connectivity index is 1.97. The Hall–Kier alpha value is -1.58. The van der Waals surface area contributed by atoms with Crippen molar-refractivity contribution in [3.8, 4) is 0 Å². The van der Waals surface area contributed by atoms with Crippen molar-refractivity contribution in [2.75, 3.05) is 5.32 Å². The average molecular weight is 274 g/mol. The molecule has 2 aliphatic rings. The van der Waals surface area contributed by atoms with Crippen LogP contribution in [0.1, 0.15) is 67.1 Å². The topological polar surface area (TPSA) is 62.2 Å². The summed E-state index contributed by atoms with van der Waals surface area (Å²) in [7, 11) is 0. The van der Waals surface area contributed by atoms with Gasteiger partial charge >= 0.3 is 5.97 Å². The zero-order valence-electron chi connectivity index (χ0n) is 12.0. The molecule has 0 aromatic carbocycles. The normalized spacial score (nSPS) is 20.4. The molecule has 108 valence electrons. The van der Waals surface area contributed by atoms with Crippen LogP contribution in [-0.4, -0.2) is 21.6 Å². The highest BCUT2D eigenvalue weighted by Gasteiger charge is 2.30. The number of nitrogens with zero attached hydrogens (tertiary/aromatic N) is 1. The first kappa shape index (κ1) is 13.4. The lowest BCUT2D eigenvalue weighted by atomic mass is 9.94. The van der Waals surface area contributed by atoms with Crippen LogP contribution < -0.4 is 5.32 Å². The number of pyridine rings is 1. The molecule has 4 nitrogen and oxygen atoms in total. The van der Waals surface area contributed by atoms with Gasteiger partial charge in [-0.3, -0.25) is 0 Å². The van der Waals surface area contributed by atoms with E-state index in [9.17, 15) is 9.90 Å². The van der Waals surface area contributed by atoms with E-state index in [1.165, 1.54) is 12.8 Å². The third-order valence-corrected chi connectivity index (χ3v) is 4.66. The van der Waals surface area contributed by atoms with Gasteiger partial charge in [0.15, 0.2) is 0 Å². The monoisotopic (exact) mass is 274 g/mol. The molecule has 2 N–H and O–H groups in total. The molecule has 0 amide bonds. The van der Waals surface area contributed by atoms with Gasteiger partial charge < -0.3 is 10.4 Å². The Morgan fingerprint density at radius 3 is 2.65 bits per heavy atom. The summed E-state index contributed by atoms with van der Waals surface area (Å²) in [5, 5.41) is 12.9. The number of carbonyl (C=O) groups is 1. The summed E-state index contributed by atoms with van der Waals surface area (Å²) >= 11 is 0. The molecular weight excluding hydrogens is 252 g/mol. The Morgan fingerprint density at radius 2 is 1.95 bits per heavy atom. The predicted molar refractivity (Wildman–Crippen MR) is 78.3 cm³/mol. The van der Waals surface area contributed by atoms with Gasteiger partial charge in [-0.05, 0) is 57.1 Å². The maximum Gasteiger partial charge on any atom is 0.339 e. The number of aryl methyl sites for hydroxylation is 2. The van der Waals surface area contributed by atoms with E-state index in [1.807, 2.05) is 6.07 Å². The lowest BCUT2D eigenvalue weighted by molar-refractivity contribution is 0.0697. The van der Waals surface area contributed by atoms with E-state index in [1.54, 1.807) is 0 Å². The van der Waals surface area contributed by atoms with Crippen LogP contribution in [0, 0.1) is 0 Å². The number of rotatable bonds is 3. The maximum absolute atomic E-state index is 11.5. The Kier molecular flexibility index (Phi) is 3.40. The second-order valence-electron chi connectivity index (χ2n) is 6.40. The third-order valence-electron chi connectivity index (χ3n) is 4.66. The van der Waals surface area contributed by atoms with Crippen LogP contribution in [0.5, 0.6) is 0 Å². The number of nitrogens with one attached hydrogen (secondary N) is 1. The Labute approximate surface area is 119 Å². The van der Waals surface area contributed by atoms with E-state index in [0.717, 1.165) is 49.8 Å². The second kappa shape index (κ2) is 5.08. The quantitative estimate of drug-likeness (QED) is 0.886. The molecule has 1 saturated carbocycles. The molecule has 0 radical (unpaired) electrons. The van der Waals surface area contributed by atoms with Gasteiger partial charge in [0.25, 0.3) is 0 Å². The van der Waals surface area contributed by atoms with Gasteiger partial charge in [-0.1, -0.05) is 12.8 Å². The van der Waals surface area contributed by atoms with E-state index in [-0.39, 0.29) is 5.54 Å². The smallest absolute Gasteiger partial charge is 0.339 e. The molecule has 0 unspecified atom stereocenters. The van der Waals surface area contributed by atoms with Gasteiger partial charge in [0, 0.05) is 11.2 Å². The summed E-state index contributed by atoms with van der Waals surface area (Å²) in [6, 6.07) is 1.84. The number of carboxylic acids is 1. The molecule has 1 fully saturated rings. The molecule has 0 bridgehead atoms. The first-order chi connectivity index (χ1) is 9.57. The summed E-state index contributed by atoms with van der Waals surface area (Å²) < 4.78 is 0. The molecule has 1 aromatic heterocycles. The first-order valence-electron chi connectivity index (χ1n) is 7.62. The minimum absolute atomic E-state index is 0.000103. The number of aromatic carboxylic acids is 1. The van der Waals surface area contributed by atoms with Gasteiger partial charge in [0.2, 0.25) is 0 Å². The zero-order chi connectivity index (χ0) is 14.2. The average Bonchev–Trinajstić information content (AvgIpc) is 2.84. The van der Waals surface area contributed by atoms with E-state index in [0.29, 0.717) is 11.4 Å². The van der Waals surface area contributed by atoms with Gasteiger partial charge in [-0.2, -0.15) is 0 Å². The highest BCUT2D eigenvalue weighted by Crippen LogP contribution is 2.34. The summed E-state index contributed by atoms with van der Waals surface area (Å²) in [5.41, 5.74) is 2.54. The summed E-state index contributed by atoms with van der Waals surface area (Å²) in [6.07, 6.45) is 8.81. The highest BCUT2D eigenvalue weighted by atomic mass is 16.4. The van der Waals surface area contributed by atoms with E-state index in [2.05, 4.69) is 17.2 Å². The van der Waals surface area contributed by atoms with Crippen LogP contribution >= 0.6 is 0 Å². The number of hydrogen-bond acceptors (Lipinski definition) is 3. The number of anilines is 1. The number of carboxylic acid groups (broad SMARTS) is 1. The predicted octanol–water partition coefficient (Wildman–Crippen LogP) is 3.40. The molecule has 1 aromatic rings. The van der Waals surface area contributed by atoms with E-state index >= 15 is 0 Å². The Morgan fingerprint density at radius 1 is 1.25 bits per heavy atom. The molecule has 2 aliphatic carbocycles. The van der Waals surface area contributed by atoms with E-state index < -0.39 is 5.97 Å². The van der Waals surface area contributed by atoms with Gasteiger partial charge in [-0.25, -0.2) is 9.78 Å². The lowest BCUT2D eigenvalue weighted by Crippen LogP contribution is -2.32. The number of aromatic nitrogens is 1. The minimum atomic E-state index is -0.880. The van der Waals surface area contributed by atoms with E-state index in [4.69, 9.17) is 0 Å². The van der Waals surface area contributed by atoms with Crippen LogP contribution in [-0.2, 0) is 12.8 Å². The van der Waals surface area contributed by atoms with Crippen LogP contribution in [0.4, 0.5) is 5.82 Å². The van der Waals surface area contributed by atoms with Crippen molar-refractivity contribution in [2.24, 2.45) is 0 Å². The third kappa shape index (κ3) is 2.51. The van der Waals surface area contributed by atoms with Crippen molar-refractivity contribution in [3.05, 3.63) is 22.9 Å². The van der Waals surface area contributed by atoms with Crippen molar-refractivity contribution in [2.45, 2.75) is 63.8 Å². The SMILES string of the molecule is CC1(Nc2nc3c(cc2C(=O)O)CCCC3)CCCC1. The first-order valence-corrected chi connectivity index (χ1v) is 7.62. The second-order valence-corrected chi connectivity index (χ2v) is 6.40. The van der Waals surface area contributed by atoms with Crippen molar-refractivity contribution < 1.29 is 9.90 Å². The zero-order valence-corrected chi connectivity index (χ0v) is 12.0. The Bertz CT molecular complexity index is 534. The molecular formula is C16H22N2O2.